The van der Waals surface area contributed by atoms with E-state index in [9.17, 15) is 4.21 Å². The normalized spacial score (nSPS) is 17.7. The summed E-state index contributed by atoms with van der Waals surface area (Å²) >= 11 is 0. The highest BCUT2D eigenvalue weighted by Crippen LogP contribution is 2.11. The summed E-state index contributed by atoms with van der Waals surface area (Å²) in [4.78, 5) is 9.33. The lowest BCUT2D eigenvalue weighted by atomic mass is 10.3. The van der Waals surface area contributed by atoms with E-state index in [-0.39, 0.29) is 28.7 Å². The number of halogens is 1. The predicted molar refractivity (Wildman–Crippen MR) is 118 cm³/mol. The molecule has 2 heterocycles. The molecular formula is C17H32IN5O2S. The third kappa shape index (κ3) is 7.51. The molecule has 7 nitrogen and oxygen atoms in total. The van der Waals surface area contributed by atoms with E-state index in [1.165, 1.54) is 0 Å². The number of hydrogen-bond donors (Lipinski definition) is 1. The van der Waals surface area contributed by atoms with Crippen LogP contribution in [0, 0.1) is 0 Å². The number of hydrogen-bond acceptors (Lipinski definition) is 5. The molecule has 9 heteroatoms. The van der Waals surface area contributed by atoms with Crippen LogP contribution in [0.2, 0.25) is 0 Å². The highest BCUT2D eigenvalue weighted by Gasteiger charge is 2.21. The van der Waals surface area contributed by atoms with Gasteiger partial charge in [0.25, 0.3) is 0 Å². The van der Waals surface area contributed by atoms with E-state index in [2.05, 4.69) is 32.2 Å². The molecule has 150 valence electrons. The fraction of sp³-hybridized carbons (Fsp3) is 0.765. The maximum atomic E-state index is 12.2. The molecule has 1 unspecified atom stereocenters. The first-order chi connectivity index (χ1) is 11.9. The number of guanidine groups is 1. The molecule has 1 aliphatic heterocycles. The van der Waals surface area contributed by atoms with Gasteiger partial charge in [0.1, 0.15) is 6.26 Å². The lowest BCUT2D eigenvalue weighted by Gasteiger charge is -2.36. The summed E-state index contributed by atoms with van der Waals surface area (Å²) in [6.07, 6.45) is 1.61. The summed E-state index contributed by atoms with van der Waals surface area (Å²) in [6, 6.07) is 1.91. The predicted octanol–water partition coefficient (Wildman–Crippen LogP) is 1.92. The van der Waals surface area contributed by atoms with Gasteiger partial charge in [0.15, 0.2) is 5.96 Å². The zero-order valence-corrected chi connectivity index (χ0v) is 19.4. The molecule has 0 saturated carbocycles. The Labute approximate surface area is 176 Å². The molecule has 1 saturated heterocycles. The van der Waals surface area contributed by atoms with Gasteiger partial charge in [-0.25, -0.2) is 0 Å². The Morgan fingerprint density at radius 2 is 2.04 bits per heavy atom. The second kappa shape index (κ2) is 11.2. The minimum absolute atomic E-state index is 0. The smallest absolute Gasteiger partial charge is 0.194 e. The number of piperazine rings is 1. The maximum Gasteiger partial charge on any atom is 0.194 e. The summed E-state index contributed by atoms with van der Waals surface area (Å²) in [5.74, 6) is 1.53. The van der Waals surface area contributed by atoms with Gasteiger partial charge in [-0.3, -0.25) is 14.1 Å². The topological polar surface area (TPSA) is 74.0 Å². The van der Waals surface area contributed by atoms with Crippen molar-refractivity contribution >= 4 is 40.7 Å². The van der Waals surface area contributed by atoms with Crippen LogP contribution in [0.15, 0.2) is 21.8 Å². The molecule has 1 aliphatic rings. The van der Waals surface area contributed by atoms with Gasteiger partial charge in [0.05, 0.1) is 12.2 Å². The van der Waals surface area contributed by atoms with Crippen molar-refractivity contribution in [3.8, 4) is 0 Å². The van der Waals surface area contributed by atoms with Gasteiger partial charge in [-0.15, -0.1) is 24.0 Å². The summed E-state index contributed by atoms with van der Waals surface area (Å²) in [5, 5.41) is 7.33. The van der Waals surface area contributed by atoms with Crippen molar-refractivity contribution < 1.29 is 8.73 Å². The minimum Gasteiger partial charge on any atom is -0.364 e. The van der Waals surface area contributed by atoms with Crippen molar-refractivity contribution in [2.24, 2.45) is 4.99 Å². The van der Waals surface area contributed by atoms with E-state index in [1.54, 1.807) is 6.26 Å². The second-order valence-electron chi connectivity index (χ2n) is 7.15. The third-order valence-electron chi connectivity index (χ3n) is 4.10. The Bertz CT molecular complexity index is 566. The van der Waals surface area contributed by atoms with Crippen LogP contribution in [0.3, 0.4) is 0 Å². The van der Waals surface area contributed by atoms with E-state index in [0.717, 1.165) is 50.9 Å². The summed E-state index contributed by atoms with van der Waals surface area (Å²) in [5.41, 5.74) is 0.971. The van der Waals surface area contributed by atoms with Crippen LogP contribution in [0.4, 0.5) is 0 Å². The number of nitrogens with zero attached hydrogens (tertiary/aromatic N) is 4. The standard InChI is InChI=1S/C17H31N5O2S.HI/c1-5-18-16(19-7-13-25(23)17(2,3)4)22-10-8-21(9-11-22)14-15-6-12-24-20-15;/h6,12H,5,7-11,13-14H2,1-4H3,(H,18,19);1H. The van der Waals surface area contributed by atoms with Crippen LogP contribution in [0.5, 0.6) is 0 Å². The third-order valence-corrected chi connectivity index (χ3v) is 6.02. The summed E-state index contributed by atoms with van der Waals surface area (Å²) in [6.45, 7) is 14.1. The van der Waals surface area contributed by atoms with Gasteiger partial charge < -0.3 is 14.7 Å². The van der Waals surface area contributed by atoms with Crippen LogP contribution in [-0.2, 0) is 17.3 Å². The first kappa shape index (κ1) is 23.4. The van der Waals surface area contributed by atoms with Crippen LogP contribution < -0.4 is 5.32 Å². The Kier molecular flexibility index (Phi) is 10.1. The highest BCUT2D eigenvalue weighted by atomic mass is 127. The molecule has 26 heavy (non-hydrogen) atoms. The van der Waals surface area contributed by atoms with Crippen LogP contribution in [0.1, 0.15) is 33.4 Å². The zero-order chi connectivity index (χ0) is 18.3. The summed E-state index contributed by atoms with van der Waals surface area (Å²) in [7, 11) is -0.864. The first-order valence-corrected chi connectivity index (χ1v) is 10.3. The van der Waals surface area contributed by atoms with Crippen LogP contribution >= 0.6 is 24.0 Å². The lowest BCUT2D eigenvalue weighted by molar-refractivity contribution is 0.169. The molecule has 0 radical (unpaired) electrons. The second-order valence-corrected chi connectivity index (χ2v) is 9.48. The SMILES string of the molecule is CCNC(=NCCS(=O)C(C)(C)C)N1CCN(Cc2ccon2)CC1.I. The van der Waals surface area contributed by atoms with E-state index in [4.69, 9.17) is 4.52 Å². The summed E-state index contributed by atoms with van der Waals surface area (Å²) < 4.78 is 16.9. The van der Waals surface area contributed by atoms with Crippen molar-refractivity contribution in [2.45, 2.75) is 39.0 Å². The Balaban J connectivity index is 0.00000338. The molecule has 0 amide bonds. The largest absolute Gasteiger partial charge is 0.364 e. The lowest BCUT2D eigenvalue weighted by Crippen LogP contribution is -2.52. The quantitative estimate of drug-likeness (QED) is 0.368. The number of rotatable bonds is 6. The molecule has 0 aromatic carbocycles. The van der Waals surface area contributed by atoms with Crippen molar-refractivity contribution in [1.29, 1.82) is 0 Å². The fourth-order valence-corrected chi connectivity index (χ4v) is 3.50. The molecule has 0 bridgehead atoms. The van der Waals surface area contributed by atoms with Gasteiger partial charge in [-0.05, 0) is 27.7 Å². The van der Waals surface area contributed by atoms with Gasteiger partial charge in [-0.1, -0.05) is 5.16 Å². The molecule has 1 N–H and O–H groups in total. The van der Waals surface area contributed by atoms with Gasteiger partial charge in [0, 0.05) is 66.6 Å². The molecular weight excluding hydrogens is 465 g/mol. The molecule has 1 aromatic heterocycles. The number of aromatic nitrogens is 1. The van der Waals surface area contributed by atoms with Crippen molar-refractivity contribution in [2.75, 3.05) is 45.0 Å². The average Bonchev–Trinajstić information content (AvgIpc) is 3.07. The van der Waals surface area contributed by atoms with Crippen molar-refractivity contribution in [3.63, 3.8) is 0 Å². The van der Waals surface area contributed by atoms with E-state index in [0.29, 0.717) is 12.3 Å². The van der Waals surface area contributed by atoms with Crippen LogP contribution in [-0.4, -0.2) is 74.9 Å². The van der Waals surface area contributed by atoms with Gasteiger partial charge in [0.2, 0.25) is 0 Å². The molecule has 2 rings (SSSR count). The van der Waals surface area contributed by atoms with Gasteiger partial charge >= 0.3 is 0 Å². The Morgan fingerprint density at radius 1 is 1.35 bits per heavy atom. The molecule has 1 atom stereocenters. The van der Waals surface area contributed by atoms with E-state index in [1.807, 2.05) is 26.8 Å². The zero-order valence-electron chi connectivity index (χ0n) is 16.2. The van der Waals surface area contributed by atoms with Crippen LogP contribution in [0.25, 0.3) is 0 Å². The van der Waals surface area contributed by atoms with E-state index >= 15 is 0 Å². The highest BCUT2D eigenvalue weighted by molar-refractivity contribution is 14.0. The first-order valence-electron chi connectivity index (χ1n) is 8.93. The molecule has 0 aliphatic carbocycles. The molecule has 0 spiro atoms. The van der Waals surface area contributed by atoms with Crippen molar-refractivity contribution in [1.82, 2.24) is 20.3 Å². The Morgan fingerprint density at radius 3 is 2.58 bits per heavy atom. The number of nitrogens with one attached hydrogen (secondary N) is 1. The van der Waals surface area contributed by atoms with Gasteiger partial charge in [-0.2, -0.15) is 0 Å². The van der Waals surface area contributed by atoms with E-state index < -0.39 is 10.8 Å². The molecule has 1 aromatic rings. The number of aliphatic imine (C=N–C) groups is 1. The fourth-order valence-electron chi connectivity index (χ4n) is 2.63. The molecule has 1 fully saturated rings. The average molecular weight is 497 g/mol. The van der Waals surface area contributed by atoms with Crippen molar-refractivity contribution in [3.05, 3.63) is 18.0 Å². The monoisotopic (exact) mass is 497 g/mol. The maximum absolute atomic E-state index is 12.2. The minimum atomic E-state index is -0.864. The Hall–Kier alpha value is -0.680.